The van der Waals surface area contributed by atoms with Gasteiger partial charge in [-0.25, -0.2) is 0 Å². The molecule has 0 spiro atoms. The van der Waals surface area contributed by atoms with E-state index in [-0.39, 0.29) is 6.54 Å². The second-order valence-electron chi connectivity index (χ2n) is 3.86. The van der Waals surface area contributed by atoms with Crippen LogP contribution in [-0.2, 0) is 9.59 Å². The second-order valence-corrected chi connectivity index (χ2v) is 3.86. The highest BCUT2D eigenvalue weighted by atomic mass is 16.4. The van der Waals surface area contributed by atoms with E-state index in [1.165, 1.54) is 32.1 Å². The number of carbonyl (C=O) groups is 2. The number of hydrogen-bond acceptors (Lipinski definition) is 3. The molecule has 17 heavy (non-hydrogen) atoms. The van der Waals surface area contributed by atoms with Crippen LogP contribution in [0.3, 0.4) is 0 Å². The zero-order valence-corrected chi connectivity index (χ0v) is 10.7. The van der Waals surface area contributed by atoms with Crippen LogP contribution in [0.4, 0.5) is 0 Å². The first-order valence-electron chi connectivity index (χ1n) is 6.18. The van der Waals surface area contributed by atoms with E-state index in [0.29, 0.717) is 6.42 Å². The summed E-state index contributed by atoms with van der Waals surface area (Å²) in [5.74, 6) is -1.63. The van der Waals surface area contributed by atoms with E-state index in [4.69, 9.17) is 10.2 Å². The molecule has 0 heterocycles. The second kappa shape index (κ2) is 14.9. The van der Waals surface area contributed by atoms with Crippen molar-refractivity contribution in [1.29, 1.82) is 0 Å². The minimum Gasteiger partial charge on any atom is -0.481 e. The highest BCUT2D eigenvalue weighted by Gasteiger charge is 1.95. The van der Waals surface area contributed by atoms with Crippen LogP contribution in [-0.4, -0.2) is 28.7 Å². The monoisotopic (exact) mass is 247 g/mol. The first-order valence-corrected chi connectivity index (χ1v) is 6.18. The van der Waals surface area contributed by atoms with Crippen molar-refractivity contribution in [2.45, 2.75) is 58.3 Å². The summed E-state index contributed by atoms with van der Waals surface area (Å²) in [6, 6.07) is 0. The molecular formula is C12H25NO4. The summed E-state index contributed by atoms with van der Waals surface area (Å²) in [5, 5.41) is 16.0. The quantitative estimate of drug-likeness (QED) is 0.542. The molecule has 0 unspecified atom stereocenters. The number of rotatable bonds is 9. The third-order valence-electron chi connectivity index (χ3n) is 2.17. The normalized spacial score (nSPS) is 9.29. The standard InChI is InChI=1S/C10H20O2.C2H5NO2/c1-2-3-4-5-6-7-8-9-10(11)12;3-1-2(4)5/h2-9H2,1H3,(H,11,12);1,3H2,(H,4,5). The molecule has 0 saturated heterocycles. The third-order valence-corrected chi connectivity index (χ3v) is 2.17. The van der Waals surface area contributed by atoms with E-state index in [9.17, 15) is 9.59 Å². The Morgan fingerprint density at radius 2 is 1.29 bits per heavy atom. The molecule has 0 atom stereocenters. The fraction of sp³-hybridized carbons (Fsp3) is 0.833. The van der Waals surface area contributed by atoms with E-state index in [0.717, 1.165) is 12.8 Å². The van der Waals surface area contributed by atoms with Gasteiger partial charge >= 0.3 is 11.9 Å². The van der Waals surface area contributed by atoms with E-state index in [1.54, 1.807) is 0 Å². The predicted molar refractivity (Wildman–Crippen MR) is 66.9 cm³/mol. The lowest BCUT2D eigenvalue weighted by atomic mass is 10.1. The van der Waals surface area contributed by atoms with Gasteiger partial charge in [0.05, 0.1) is 6.54 Å². The summed E-state index contributed by atoms with van der Waals surface area (Å²) in [6.07, 6.45) is 8.64. The Kier molecular flexibility index (Phi) is 16.0. The van der Waals surface area contributed by atoms with E-state index < -0.39 is 11.9 Å². The van der Waals surface area contributed by atoms with Gasteiger partial charge in [-0.15, -0.1) is 0 Å². The topological polar surface area (TPSA) is 101 Å². The van der Waals surface area contributed by atoms with Gasteiger partial charge in [0, 0.05) is 6.42 Å². The number of unbranched alkanes of at least 4 members (excludes halogenated alkanes) is 6. The lowest BCUT2D eigenvalue weighted by molar-refractivity contribution is -0.137. The van der Waals surface area contributed by atoms with E-state index in [1.807, 2.05) is 0 Å². The SMILES string of the molecule is CCCCCCCCCC(=O)O.NCC(=O)O. The van der Waals surface area contributed by atoms with E-state index in [2.05, 4.69) is 12.7 Å². The number of aliphatic carboxylic acids is 2. The van der Waals surface area contributed by atoms with Crippen molar-refractivity contribution in [3.63, 3.8) is 0 Å². The fourth-order valence-corrected chi connectivity index (χ4v) is 1.23. The molecule has 0 aromatic rings. The molecule has 0 fully saturated rings. The molecule has 0 aromatic carbocycles. The number of carboxylic acids is 2. The Morgan fingerprint density at radius 3 is 1.65 bits per heavy atom. The van der Waals surface area contributed by atoms with Gasteiger partial charge in [0.2, 0.25) is 0 Å². The molecule has 0 radical (unpaired) electrons. The van der Waals surface area contributed by atoms with Crippen LogP contribution in [0.15, 0.2) is 0 Å². The molecule has 0 aromatic heterocycles. The Balaban J connectivity index is 0. The largest absolute Gasteiger partial charge is 0.481 e. The fourth-order valence-electron chi connectivity index (χ4n) is 1.23. The van der Waals surface area contributed by atoms with Crippen LogP contribution in [0.2, 0.25) is 0 Å². The van der Waals surface area contributed by atoms with Crippen LogP contribution in [0.5, 0.6) is 0 Å². The van der Waals surface area contributed by atoms with Crippen molar-refractivity contribution in [2.24, 2.45) is 5.73 Å². The molecule has 0 saturated carbocycles. The van der Waals surface area contributed by atoms with Crippen molar-refractivity contribution < 1.29 is 19.8 Å². The lowest BCUT2D eigenvalue weighted by Crippen LogP contribution is -2.10. The predicted octanol–water partition coefficient (Wildman–Crippen LogP) is 2.24. The lowest BCUT2D eigenvalue weighted by Gasteiger charge is -1.98. The number of hydrogen-bond donors (Lipinski definition) is 3. The number of carboxylic acid groups (broad SMARTS) is 2. The molecule has 5 heteroatoms. The third kappa shape index (κ3) is 25.3. The van der Waals surface area contributed by atoms with Crippen molar-refractivity contribution in [2.75, 3.05) is 6.54 Å². The minimum absolute atomic E-state index is 0.278. The molecule has 5 nitrogen and oxygen atoms in total. The summed E-state index contributed by atoms with van der Waals surface area (Å²) < 4.78 is 0. The van der Waals surface area contributed by atoms with Gasteiger partial charge in [-0.2, -0.15) is 0 Å². The van der Waals surface area contributed by atoms with Gasteiger partial charge < -0.3 is 15.9 Å². The van der Waals surface area contributed by atoms with Gasteiger partial charge in [0.25, 0.3) is 0 Å². The molecule has 0 amide bonds. The Bertz CT molecular complexity index is 195. The zero-order valence-electron chi connectivity index (χ0n) is 10.7. The molecule has 0 aliphatic carbocycles. The minimum atomic E-state index is -0.968. The van der Waals surface area contributed by atoms with Gasteiger partial charge in [-0.3, -0.25) is 9.59 Å². The van der Waals surface area contributed by atoms with Crippen LogP contribution < -0.4 is 5.73 Å². The Hall–Kier alpha value is -1.10. The Labute approximate surface area is 103 Å². The first kappa shape index (κ1) is 18.3. The summed E-state index contributed by atoms with van der Waals surface area (Å²) in [7, 11) is 0. The average Bonchev–Trinajstić information content (AvgIpc) is 2.28. The van der Waals surface area contributed by atoms with Gasteiger partial charge in [-0.1, -0.05) is 45.4 Å². The Morgan fingerprint density at radius 1 is 0.882 bits per heavy atom. The molecule has 0 bridgehead atoms. The van der Waals surface area contributed by atoms with Crippen molar-refractivity contribution in [1.82, 2.24) is 0 Å². The molecule has 4 N–H and O–H groups in total. The smallest absolute Gasteiger partial charge is 0.317 e. The first-order chi connectivity index (χ1) is 8.04. The van der Waals surface area contributed by atoms with Gasteiger partial charge in [0.1, 0.15) is 0 Å². The average molecular weight is 247 g/mol. The van der Waals surface area contributed by atoms with Crippen LogP contribution in [0.1, 0.15) is 58.3 Å². The van der Waals surface area contributed by atoms with Crippen molar-refractivity contribution >= 4 is 11.9 Å². The molecule has 102 valence electrons. The maximum Gasteiger partial charge on any atom is 0.317 e. The molecule has 0 aliphatic heterocycles. The summed E-state index contributed by atoms with van der Waals surface area (Å²) in [6.45, 7) is 1.92. The van der Waals surface area contributed by atoms with Crippen LogP contribution >= 0.6 is 0 Å². The molecular weight excluding hydrogens is 222 g/mol. The van der Waals surface area contributed by atoms with Crippen LogP contribution in [0.25, 0.3) is 0 Å². The van der Waals surface area contributed by atoms with Gasteiger partial charge in [0.15, 0.2) is 0 Å². The summed E-state index contributed by atoms with van der Waals surface area (Å²) >= 11 is 0. The molecule has 0 rings (SSSR count). The summed E-state index contributed by atoms with van der Waals surface area (Å²) in [4.78, 5) is 19.4. The highest BCUT2D eigenvalue weighted by Crippen LogP contribution is 2.07. The maximum atomic E-state index is 10.1. The van der Waals surface area contributed by atoms with Crippen molar-refractivity contribution in [3.8, 4) is 0 Å². The molecule has 0 aliphatic rings. The maximum absolute atomic E-state index is 10.1. The zero-order chi connectivity index (χ0) is 13.5. The van der Waals surface area contributed by atoms with Gasteiger partial charge in [-0.05, 0) is 6.42 Å². The van der Waals surface area contributed by atoms with Crippen LogP contribution in [0, 0.1) is 0 Å². The summed E-state index contributed by atoms with van der Waals surface area (Å²) in [5.41, 5.74) is 4.57. The van der Waals surface area contributed by atoms with E-state index >= 15 is 0 Å². The van der Waals surface area contributed by atoms with Crippen molar-refractivity contribution in [3.05, 3.63) is 0 Å². The highest BCUT2D eigenvalue weighted by molar-refractivity contribution is 5.68. The number of nitrogens with two attached hydrogens (primary N) is 1.